The van der Waals surface area contributed by atoms with Crippen LogP contribution in [0.1, 0.15) is 166 Å². The van der Waals surface area contributed by atoms with E-state index in [1.165, 1.54) is 25.7 Å². The van der Waals surface area contributed by atoms with E-state index in [4.69, 9.17) is 4.74 Å². The molecule has 5 aliphatic rings. The molecule has 1 amide bonds. The van der Waals surface area contributed by atoms with Gasteiger partial charge in [0.05, 0.1) is 18.4 Å². The number of amides is 1. The van der Waals surface area contributed by atoms with Gasteiger partial charge < -0.3 is 20.3 Å². The highest BCUT2D eigenvalue weighted by Gasteiger charge is 2.70. The number of aliphatic hydroxyl groups excluding tert-OH is 1. The SMILES string of the molecule is CC(C)(CCC(=O)OC1CCC2(C)C(CCC3(C)C2CCC2[C@H]4CCCCC4(C(=O)NCCO)CC[C@]23C)C1(C)C)CC(=O)O.CC(C)C. The Balaban J connectivity index is 0.00000128. The lowest BCUT2D eigenvalue weighted by Gasteiger charge is -2.73. The maximum absolute atomic E-state index is 13.7. The molecular weight excluding hydrogens is 614 g/mol. The predicted molar refractivity (Wildman–Crippen MR) is 196 cm³/mol. The maximum Gasteiger partial charge on any atom is 0.306 e. The quantitative estimate of drug-likeness (QED) is 0.208. The van der Waals surface area contributed by atoms with Crippen molar-refractivity contribution in [3.05, 3.63) is 0 Å². The number of hydrogen-bond donors (Lipinski definition) is 3. The van der Waals surface area contributed by atoms with Crippen LogP contribution in [0.3, 0.4) is 0 Å². The summed E-state index contributed by atoms with van der Waals surface area (Å²) >= 11 is 0. The zero-order chi connectivity index (χ0) is 36.6. The van der Waals surface area contributed by atoms with Crippen LogP contribution in [-0.2, 0) is 19.1 Å². The number of aliphatic hydroxyl groups is 1. The molecular formula is C42H73NO6. The van der Waals surface area contributed by atoms with Crippen molar-refractivity contribution in [3.63, 3.8) is 0 Å². The molecule has 0 spiro atoms. The molecule has 5 saturated carbocycles. The van der Waals surface area contributed by atoms with Gasteiger partial charge in [-0.15, -0.1) is 0 Å². The second-order valence-corrected chi connectivity index (χ2v) is 20.0. The van der Waals surface area contributed by atoms with Gasteiger partial charge in [-0.1, -0.05) is 82.1 Å². The van der Waals surface area contributed by atoms with Crippen molar-refractivity contribution < 1.29 is 29.3 Å². The fourth-order valence-electron chi connectivity index (χ4n) is 12.8. The van der Waals surface area contributed by atoms with E-state index < -0.39 is 11.4 Å². The topological polar surface area (TPSA) is 113 Å². The van der Waals surface area contributed by atoms with Crippen LogP contribution in [-0.4, -0.2) is 47.3 Å². The van der Waals surface area contributed by atoms with Gasteiger partial charge in [0.1, 0.15) is 6.10 Å². The van der Waals surface area contributed by atoms with E-state index in [0.717, 1.165) is 57.3 Å². The Kier molecular flexibility index (Phi) is 12.1. The molecule has 0 heterocycles. The van der Waals surface area contributed by atoms with E-state index in [1.54, 1.807) is 0 Å². The van der Waals surface area contributed by atoms with Crippen LogP contribution in [0.4, 0.5) is 0 Å². The number of aliphatic carboxylic acids is 1. The number of carboxylic acid groups (broad SMARTS) is 1. The molecule has 5 rings (SSSR count). The van der Waals surface area contributed by atoms with Gasteiger partial charge in [-0.05, 0) is 122 Å². The summed E-state index contributed by atoms with van der Waals surface area (Å²) in [6.45, 7) is 23.1. The second-order valence-electron chi connectivity index (χ2n) is 20.0. The number of fused-ring (bicyclic) bond motifs is 7. The minimum atomic E-state index is -0.830. The van der Waals surface area contributed by atoms with Crippen LogP contribution >= 0.6 is 0 Å². The van der Waals surface area contributed by atoms with Crippen molar-refractivity contribution in [2.45, 2.75) is 172 Å². The second kappa shape index (κ2) is 14.8. The molecule has 7 unspecified atom stereocenters. The molecule has 49 heavy (non-hydrogen) atoms. The summed E-state index contributed by atoms with van der Waals surface area (Å²) in [6.07, 6.45) is 14.0. The molecule has 7 heteroatoms. The molecule has 0 aromatic rings. The molecule has 0 aromatic heterocycles. The van der Waals surface area contributed by atoms with E-state index in [-0.39, 0.29) is 64.5 Å². The summed E-state index contributed by atoms with van der Waals surface area (Å²) in [4.78, 5) is 38.1. The van der Waals surface area contributed by atoms with Crippen LogP contribution < -0.4 is 5.32 Å². The summed E-state index contributed by atoms with van der Waals surface area (Å²) in [5.74, 6) is 2.08. The largest absolute Gasteiger partial charge is 0.481 e. The summed E-state index contributed by atoms with van der Waals surface area (Å²) in [5.41, 5.74) is -0.252. The van der Waals surface area contributed by atoms with Crippen molar-refractivity contribution in [2.75, 3.05) is 13.2 Å². The van der Waals surface area contributed by atoms with Crippen LogP contribution in [0.5, 0.6) is 0 Å². The summed E-state index contributed by atoms with van der Waals surface area (Å²) < 4.78 is 6.25. The Morgan fingerprint density at radius 2 is 1.49 bits per heavy atom. The molecule has 282 valence electrons. The number of rotatable bonds is 9. The third kappa shape index (κ3) is 7.49. The molecule has 5 fully saturated rings. The molecule has 0 radical (unpaired) electrons. The number of carbonyl (C=O) groups excluding carboxylic acids is 2. The Hall–Kier alpha value is -1.63. The molecule has 0 aromatic carbocycles. The van der Waals surface area contributed by atoms with Gasteiger partial charge in [0, 0.05) is 18.4 Å². The fourth-order valence-corrected chi connectivity index (χ4v) is 12.8. The summed E-state index contributed by atoms with van der Waals surface area (Å²) in [7, 11) is 0. The smallest absolute Gasteiger partial charge is 0.306 e. The average molecular weight is 688 g/mol. The monoisotopic (exact) mass is 688 g/mol. The Bertz CT molecular complexity index is 1190. The third-order valence-corrected chi connectivity index (χ3v) is 15.3. The lowest BCUT2D eigenvalue weighted by molar-refractivity contribution is -0.252. The first-order valence-corrected chi connectivity index (χ1v) is 20.0. The third-order valence-electron chi connectivity index (χ3n) is 15.3. The molecule has 9 atom stereocenters. The number of carbonyl (C=O) groups is 3. The van der Waals surface area contributed by atoms with Crippen molar-refractivity contribution in [1.82, 2.24) is 5.32 Å². The van der Waals surface area contributed by atoms with Crippen LogP contribution in [0, 0.1) is 62.1 Å². The van der Waals surface area contributed by atoms with E-state index in [0.29, 0.717) is 36.6 Å². The van der Waals surface area contributed by atoms with Crippen molar-refractivity contribution in [2.24, 2.45) is 62.1 Å². The normalized spacial score (nSPS) is 39.6. The molecule has 5 aliphatic carbocycles. The average Bonchev–Trinajstić information content (AvgIpc) is 2.99. The highest BCUT2D eigenvalue weighted by Crippen LogP contribution is 2.76. The summed E-state index contributed by atoms with van der Waals surface area (Å²) in [6, 6.07) is 0. The standard InChI is InChI=1S/C38H63NO6.C4H10/c1-33(2,24-30(41)42)17-15-31(43)45-29-14-18-35(5)27(34(29,3)4)13-19-37(7)28(35)12-11-25-26-10-8-9-16-38(26,21-20-36(25,37)6)32(44)39-22-23-40;1-4(2)3/h25-29,40H,8-24H2,1-7H3,(H,39,44)(H,41,42);4H,1-3H3/t25?,26-,27?,28?,29?,35?,36-,37?,38?;/m1./s1. The van der Waals surface area contributed by atoms with Gasteiger partial charge in [0.2, 0.25) is 5.91 Å². The molecule has 7 nitrogen and oxygen atoms in total. The zero-order valence-corrected chi connectivity index (χ0v) is 33.0. The maximum atomic E-state index is 13.7. The van der Waals surface area contributed by atoms with Gasteiger partial charge in [0.25, 0.3) is 0 Å². The van der Waals surface area contributed by atoms with Gasteiger partial charge in [-0.2, -0.15) is 0 Å². The number of nitrogens with one attached hydrogen (secondary N) is 1. The van der Waals surface area contributed by atoms with E-state index >= 15 is 0 Å². The van der Waals surface area contributed by atoms with Crippen LogP contribution in [0.15, 0.2) is 0 Å². The van der Waals surface area contributed by atoms with Gasteiger partial charge >= 0.3 is 11.9 Å². The van der Waals surface area contributed by atoms with Gasteiger partial charge in [-0.3, -0.25) is 14.4 Å². The number of hydrogen-bond acceptors (Lipinski definition) is 5. The fraction of sp³-hybridized carbons (Fsp3) is 0.929. The zero-order valence-electron chi connectivity index (χ0n) is 33.0. The lowest BCUT2D eigenvalue weighted by Crippen LogP contribution is -2.68. The Labute approximate surface area is 298 Å². The first-order valence-electron chi connectivity index (χ1n) is 20.0. The molecule has 0 bridgehead atoms. The first kappa shape index (κ1) is 40.1. The van der Waals surface area contributed by atoms with Crippen molar-refractivity contribution in [1.29, 1.82) is 0 Å². The molecule has 0 aliphatic heterocycles. The highest BCUT2D eigenvalue weighted by molar-refractivity contribution is 5.83. The highest BCUT2D eigenvalue weighted by atomic mass is 16.5. The Morgan fingerprint density at radius 1 is 0.816 bits per heavy atom. The minimum Gasteiger partial charge on any atom is -0.481 e. The van der Waals surface area contributed by atoms with Gasteiger partial charge in [-0.25, -0.2) is 0 Å². The first-order chi connectivity index (χ1) is 22.7. The summed E-state index contributed by atoms with van der Waals surface area (Å²) in [5, 5.41) is 21.8. The van der Waals surface area contributed by atoms with Crippen molar-refractivity contribution >= 4 is 17.8 Å². The van der Waals surface area contributed by atoms with Crippen molar-refractivity contribution in [3.8, 4) is 0 Å². The predicted octanol–water partition coefficient (Wildman–Crippen LogP) is 9.20. The Morgan fingerprint density at radius 3 is 2.12 bits per heavy atom. The van der Waals surface area contributed by atoms with E-state index in [9.17, 15) is 24.6 Å². The van der Waals surface area contributed by atoms with Crippen LogP contribution in [0.25, 0.3) is 0 Å². The number of ether oxygens (including phenoxy) is 1. The molecule has 0 saturated heterocycles. The van der Waals surface area contributed by atoms with Crippen LogP contribution in [0.2, 0.25) is 0 Å². The number of carboxylic acids is 1. The lowest BCUT2D eigenvalue weighted by atomic mass is 9.32. The number of esters is 1. The van der Waals surface area contributed by atoms with Gasteiger partial charge in [0.15, 0.2) is 0 Å². The minimum absolute atomic E-state index is 0.00545. The van der Waals surface area contributed by atoms with E-state index in [1.807, 2.05) is 13.8 Å². The van der Waals surface area contributed by atoms with E-state index in [2.05, 4.69) is 60.7 Å². The molecule has 3 N–H and O–H groups in total.